The van der Waals surface area contributed by atoms with Crippen molar-refractivity contribution in [2.75, 3.05) is 6.54 Å². The van der Waals surface area contributed by atoms with Crippen LogP contribution in [0, 0.1) is 6.92 Å². The molecular weight excluding hydrogens is 248 g/mol. The minimum atomic E-state index is 0.00905. The molecule has 0 radical (unpaired) electrons. The van der Waals surface area contributed by atoms with Crippen molar-refractivity contribution in [3.8, 4) is 0 Å². The number of aromatic nitrogens is 1. The van der Waals surface area contributed by atoms with Crippen molar-refractivity contribution in [3.05, 3.63) is 65.5 Å². The van der Waals surface area contributed by atoms with Gasteiger partial charge in [0.25, 0.3) is 0 Å². The van der Waals surface area contributed by atoms with Crippen molar-refractivity contribution in [3.63, 3.8) is 0 Å². The highest BCUT2D eigenvalue weighted by Gasteiger charge is 2.15. The summed E-state index contributed by atoms with van der Waals surface area (Å²) in [6.07, 6.45) is 4.54. The summed E-state index contributed by atoms with van der Waals surface area (Å²) in [6, 6.07) is 12.4. The molecule has 1 amide bonds. The van der Waals surface area contributed by atoms with Crippen LogP contribution in [-0.4, -0.2) is 17.4 Å². The summed E-state index contributed by atoms with van der Waals surface area (Å²) in [5.74, 6) is 0.277. The van der Waals surface area contributed by atoms with E-state index in [2.05, 4.69) is 35.4 Å². The average molecular weight is 268 g/mol. The van der Waals surface area contributed by atoms with Crippen LogP contribution in [0.3, 0.4) is 0 Å². The largest absolute Gasteiger partial charge is 0.356 e. The van der Waals surface area contributed by atoms with Gasteiger partial charge in [-0.15, -0.1) is 0 Å². The Balaban J connectivity index is 2.20. The zero-order valence-electron chi connectivity index (χ0n) is 12.0. The first-order valence-corrected chi connectivity index (χ1v) is 6.85. The van der Waals surface area contributed by atoms with E-state index in [1.165, 1.54) is 16.7 Å². The zero-order chi connectivity index (χ0) is 14.4. The van der Waals surface area contributed by atoms with E-state index in [9.17, 15) is 4.79 Å². The van der Waals surface area contributed by atoms with Crippen LogP contribution in [0.25, 0.3) is 0 Å². The zero-order valence-corrected chi connectivity index (χ0v) is 12.0. The van der Waals surface area contributed by atoms with Gasteiger partial charge in [-0.2, -0.15) is 0 Å². The van der Waals surface area contributed by atoms with Gasteiger partial charge >= 0.3 is 0 Å². The Morgan fingerprint density at radius 1 is 1.25 bits per heavy atom. The number of benzene rings is 1. The SMILES string of the molecule is CC(=O)NCC(Cc1cccnc1)c1ccccc1C. The number of carbonyl (C=O) groups excluding carboxylic acids is 1. The molecule has 1 heterocycles. The molecular formula is C17H20N2O. The van der Waals surface area contributed by atoms with Crippen molar-refractivity contribution in [2.45, 2.75) is 26.2 Å². The van der Waals surface area contributed by atoms with Gasteiger partial charge in [0.05, 0.1) is 0 Å². The lowest BCUT2D eigenvalue weighted by Crippen LogP contribution is -2.27. The molecule has 3 heteroatoms. The third-order valence-electron chi connectivity index (χ3n) is 3.43. The summed E-state index contributed by atoms with van der Waals surface area (Å²) in [4.78, 5) is 15.4. The quantitative estimate of drug-likeness (QED) is 0.906. The molecule has 2 rings (SSSR count). The Kier molecular flexibility index (Phi) is 4.88. The monoisotopic (exact) mass is 268 g/mol. The third kappa shape index (κ3) is 3.92. The van der Waals surface area contributed by atoms with Crippen LogP contribution in [0.4, 0.5) is 0 Å². The number of pyridine rings is 1. The van der Waals surface area contributed by atoms with Crippen LogP contribution in [-0.2, 0) is 11.2 Å². The van der Waals surface area contributed by atoms with E-state index in [4.69, 9.17) is 0 Å². The van der Waals surface area contributed by atoms with Crippen molar-refractivity contribution in [1.82, 2.24) is 10.3 Å². The molecule has 0 aliphatic heterocycles. The van der Waals surface area contributed by atoms with Gasteiger partial charge in [-0.1, -0.05) is 30.3 Å². The van der Waals surface area contributed by atoms with E-state index < -0.39 is 0 Å². The van der Waals surface area contributed by atoms with Crippen molar-refractivity contribution < 1.29 is 4.79 Å². The minimum Gasteiger partial charge on any atom is -0.356 e. The van der Waals surface area contributed by atoms with Crippen molar-refractivity contribution >= 4 is 5.91 Å². The lowest BCUT2D eigenvalue weighted by Gasteiger charge is -2.19. The highest BCUT2D eigenvalue weighted by atomic mass is 16.1. The van der Waals surface area contributed by atoms with E-state index in [0.29, 0.717) is 6.54 Å². The molecule has 20 heavy (non-hydrogen) atoms. The molecule has 0 aliphatic carbocycles. The van der Waals surface area contributed by atoms with Gasteiger partial charge in [-0.05, 0) is 36.1 Å². The number of aryl methyl sites for hydroxylation is 1. The highest BCUT2D eigenvalue weighted by Crippen LogP contribution is 2.23. The minimum absolute atomic E-state index is 0.00905. The molecule has 1 N–H and O–H groups in total. The second-order valence-corrected chi connectivity index (χ2v) is 5.06. The number of hydrogen-bond acceptors (Lipinski definition) is 2. The maximum Gasteiger partial charge on any atom is 0.216 e. The van der Waals surface area contributed by atoms with Crippen LogP contribution >= 0.6 is 0 Å². The average Bonchev–Trinajstić information content (AvgIpc) is 2.45. The molecule has 0 bridgehead atoms. The molecule has 104 valence electrons. The Morgan fingerprint density at radius 3 is 2.70 bits per heavy atom. The number of nitrogens with zero attached hydrogens (tertiary/aromatic N) is 1. The molecule has 2 aromatic rings. The molecule has 1 aromatic carbocycles. The highest BCUT2D eigenvalue weighted by molar-refractivity contribution is 5.72. The Morgan fingerprint density at radius 2 is 2.05 bits per heavy atom. The number of amides is 1. The predicted octanol–water partition coefficient (Wildman–Crippen LogP) is 2.85. The van der Waals surface area contributed by atoms with Crippen molar-refractivity contribution in [1.29, 1.82) is 0 Å². The molecule has 0 saturated heterocycles. The molecule has 0 spiro atoms. The summed E-state index contributed by atoms with van der Waals surface area (Å²) in [5.41, 5.74) is 3.72. The van der Waals surface area contributed by atoms with Gasteiger partial charge in [0.2, 0.25) is 5.91 Å². The maximum absolute atomic E-state index is 11.2. The molecule has 1 aromatic heterocycles. The van der Waals surface area contributed by atoms with Crippen LogP contribution in [0.15, 0.2) is 48.8 Å². The lowest BCUT2D eigenvalue weighted by atomic mass is 9.89. The standard InChI is InChI=1S/C17H20N2O/c1-13-6-3-4-8-17(13)16(12-19-14(2)20)10-15-7-5-9-18-11-15/h3-9,11,16H,10,12H2,1-2H3,(H,19,20). The van der Waals surface area contributed by atoms with Gasteiger partial charge in [0, 0.05) is 31.8 Å². The fraction of sp³-hybridized carbons (Fsp3) is 0.294. The summed E-state index contributed by atoms with van der Waals surface area (Å²) in [7, 11) is 0. The Labute approximate surface area is 120 Å². The fourth-order valence-corrected chi connectivity index (χ4v) is 2.41. The summed E-state index contributed by atoms with van der Waals surface area (Å²) in [6.45, 7) is 4.31. The smallest absolute Gasteiger partial charge is 0.216 e. The van der Waals surface area contributed by atoms with Crippen LogP contribution < -0.4 is 5.32 Å². The lowest BCUT2D eigenvalue weighted by molar-refractivity contribution is -0.119. The number of nitrogens with one attached hydrogen (secondary N) is 1. The van der Waals surface area contributed by atoms with Crippen molar-refractivity contribution in [2.24, 2.45) is 0 Å². The Hall–Kier alpha value is -2.16. The first kappa shape index (κ1) is 14.3. The Bertz CT molecular complexity index is 566. The second kappa shape index (κ2) is 6.85. The first-order valence-electron chi connectivity index (χ1n) is 6.85. The van der Waals surface area contributed by atoms with E-state index in [0.717, 1.165) is 6.42 Å². The summed E-state index contributed by atoms with van der Waals surface area (Å²) < 4.78 is 0. The predicted molar refractivity (Wildman–Crippen MR) is 80.5 cm³/mol. The molecule has 0 saturated carbocycles. The third-order valence-corrected chi connectivity index (χ3v) is 3.43. The van der Waals surface area contributed by atoms with Crippen LogP contribution in [0.5, 0.6) is 0 Å². The summed E-state index contributed by atoms with van der Waals surface area (Å²) in [5, 5.41) is 2.93. The van der Waals surface area contributed by atoms with E-state index in [1.807, 2.05) is 24.4 Å². The van der Waals surface area contributed by atoms with Gasteiger partial charge in [-0.25, -0.2) is 0 Å². The molecule has 1 unspecified atom stereocenters. The molecule has 1 atom stereocenters. The summed E-state index contributed by atoms with van der Waals surface area (Å²) >= 11 is 0. The van der Waals surface area contributed by atoms with Gasteiger partial charge in [0.1, 0.15) is 0 Å². The maximum atomic E-state index is 11.2. The molecule has 3 nitrogen and oxygen atoms in total. The molecule has 0 fully saturated rings. The second-order valence-electron chi connectivity index (χ2n) is 5.06. The van der Waals surface area contributed by atoms with Crippen LogP contribution in [0.2, 0.25) is 0 Å². The number of rotatable bonds is 5. The normalized spacial score (nSPS) is 11.9. The number of carbonyl (C=O) groups is 1. The topological polar surface area (TPSA) is 42.0 Å². The van der Waals surface area contributed by atoms with E-state index in [1.54, 1.807) is 13.1 Å². The van der Waals surface area contributed by atoms with E-state index in [-0.39, 0.29) is 11.8 Å². The number of hydrogen-bond donors (Lipinski definition) is 1. The van der Waals surface area contributed by atoms with Gasteiger partial charge in [-0.3, -0.25) is 9.78 Å². The van der Waals surface area contributed by atoms with Crippen LogP contribution in [0.1, 0.15) is 29.5 Å². The van der Waals surface area contributed by atoms with E-state index >= 15 is 0 Å². The fourth-order valence-electron chi connectivity index (χ4n) is 2.41. The van der Waals surface area contributed by atoms with Gasteiger partial charge in [0.15, 0.2) is 0 Å². The first-order chi connectivity index (χ1) is 9.66. The molecule has 0 aliphatic rings. The van der Waals surface area contributed by atoms with Gasteiger partial charge < -0.3 is 5.32 Å².